The zero-order valence-corrected chi connectivity index (χ0v) is 42.0. The summed E-state index contributed by atoms with van der Waals surface area (Å²) in [5, 5.41) is 15.3. The van der Waals surface area contributed by atoms with E-state index in [1.54, 1.807) is 0 Å². The third kappa shape index (κ3) is 8.21. The predicted molar refractivity (Wildman–Crippen MR) is 277 cm³/mol. The van der Waals surface area contributed by atoms with E-state index < -0.39 is 0 Å². The summed E-state index contributed by atoms with van der Waals surface area (Å²) in [4.78, 5) is 10.7. The second-order valence-electron chi connectivity index (χ2n) is 20.4. The average Bonchev–Trinajstić information content (AvgIpc) is 3.70. The van der Waals surface area contributed by atoms with Gasteiger partial charge >= 0.3 is 0 Å². The predicted octanol–water partition coefficient (Wildman–Crippen LogP) is 16.1. The molecule has 0 amide bonds. The van der Waals surface area contributed by atoms with Crippen molar-refractivity contribution in [2.24, 2.45) is 0 Å². The standard InChI is InChI=1S/C62H56N3O.Pt/c1-39-25-31-50(58-56(39)53(33-34-63-58)62(8,9)45-21-11-10-12-22-45)41-19-15-20-42(35-41)51-36-43(49-24-16-18-40-17-13-14-23-48(40)49)37-54-57(51)64-59(52-38-46(61(5,6)7)28-32-55(52)66)65(54)47-29-26-44(27-30-47)60(2,3)4;/h10-34,36-38,66H,1-9H3;/q-1;. The monoisotopic (exact) mass is 1050 g/mol. The van der Waals surface area contributed by atoms with Crippen molar-refractivity contribution in [3.8, 4) is 56.2 Å². The molecular formula is C62H56N3OPt-. The molecule has 0 atom stereocenters. The van der Waals surface area contributed by atoms with Crippen LogP contribution in [-0.4, -0.2) is 19.6 Å². The molecule has 0 aliphatic rings. The fraction of sp³-hybridized carbons (Fsp3) is 0.194. The van der Waals surface area contributed by atoms with Gasteiger partial charge in [0.1, 0.15) is 11.6 Å². The Bertz CT molecular complexity index is 3470. The first-order valence-corrected chi connectivity index (χ1v) is 23.0. The third-order valence-corrected chi connectivity index (χ3v) is 13.6. The molecule has 2 aromatic heterocycles. The number of hydrogen-bond acceptors (Lipinski definition) is 3. The Kier molecular flexibility index (Phi) is 11.7. The van der Waals surface area contributed by atoms with Crippen LogP contribution < -0.4 is 0 Å². The number of nitrogens with zero attached hydrogens (tertiary/aromatic N) is 3. The van der Waals surface area contributed by atoms with Gasteiger partial charge in [0.25, 0.3) is 0 Å². The molecule has 8 aromatic carbocycles. The number of aryl methyl sites for hydroxylation is 1. The van der Waals surface area contributed by atoms with Gasteiger partial charge in [0.2, 0.25) is 0 Å². The first kappa shape index (κ1) is 45.5. The second-order valence-corrected chi connectivity index (χ2v) is 20.4. The minimum absolute atomic E-state index is 0. The maximum atomic E-state index is 11.8. The van der Waals surface area contributed by atoms with Gasteiger partial charge in [-0.3, -0.25) is 9.55 Å². The zero-order chi connectivity index (χ0) is 46.1. The van der Waals surface area contributed by atoms with E-state index in [0.717, 1.165) is 61.2 Å². The summed E-state index contributed by atoms with van der Waals surface area (Å²) in [6.07, 6.45) is 1.96. The van der Waals surface area contributed by atoms with Gasteiger partial charge in [-0.25, -0.2) is 4.98 Å². The molecule has 0 spiro atoms. The van der Waals surface area contributed by atoms with E-state index in [1.807, 2.05) is 18.3 Å². The summed E-state index contributed by atoms with van der Waals surface area (Å²) in [5.74, 6) is 0.857. The molecule has 67 heavy (non-hydrogen) atoms. The van der Waals surface area contributed by atoms with Crippen molar-refractivity contribution in [1.29, 1.82) is 0 Å². The molecule has 0 fully saturated rings. The Morgan fingerprint density at radius 2 is 1.19 bits per heavy atom. The molecule has 4 nitrogen and oxygen atoms in total. The molecule has 336 valence electrons. The fourth-order valence-corrected chi connectivity index (χ4v) is 9.72. The molecule has 5 heteroatoms. The van der Waals surface area contributed by atoms with Crippen LogP contribution >= 0.6 is 0 Å². The summed E-state index contributed by atoms with van der Waals surface area (Å²) in [5.41, 5.74) is 16.0. The van der Waals surface area contributed by atoms with Crippen LogP contribution in [0, 0.1) is 13.0 Å². The topological polar surface area (TPSA) is 50.9 Å². The van der Waals surface area contributed by atoms with Crippen molar-refractivity contribution in [3.05, 3.63) is 204 Å². The summed E-state index contributed by atoms with van der Waals surface area (Å²) >= 11 is 0. The summed E-state index contributed by atoms with van der Waals surface area (Å²) in [6, 6.07) is 62.1. The number of fused-ring (bicyclic) bond motifs is 3. The minimum atomic E-state index is -0.254. The number of hydrogen-bond donors (Lipinski definition) is 1. The number of phenolic OH excluding ortho intramolecular Hbond substituents is 1. The molecule has 0 saturated heterocycles. The third-order valence-electron chi connectivity index (χ3n) is 13.6. The van der Waals surface area contributed by atoms with Crippen LogP contribution in [0.2, 0.25) is 0 Å². The van der Waals surface area contributed by atoms with E-state index in [4.69, 9.17) is 9.97 Å². The number of rotatable bonds is 7. The smallest absolute Gasteiger partial charge is 0.148 e. The van der Waals surface area contributed by atoms with Gasteiger partial charge in [0.05, 0.1) is 16.6 Å². The van der Waals surface area contributed by atoms with Gasteiger partial charge in [0, 0.05) is 49.3 Å². The van der Waals surface area contributed by atoms with E-state index in [1.165, 1.54) is 38.4 Å². The molecule has 0 bridgehead atoms. The molecule has 2 heterocycles. The number of benzene rings is 8. The number of aromatic nitrogens is 3. The summed E-state index contributed by atoms with van der Waals surface area (Å²) < 4.78 is 2.23. The molecule has 0 saturated carbocycles. The van der Waals surface area contributed by atoms with Crippen LogP contribution in [0.25, 0.3) is 83.2 Å². The number of aromatic hydroxyl groups is 1. The van der Waals surface area contributed by atoms with Gasteiger partial charge in [-0.1, -0.05) is 176 Å². The number of pyridine rings is 1. The van der Waals surface area contributed by atoms with Gasteiger partial charge in [0.15, 0.2) is 0 Å². The first-order chi connectivity index (χ1) is 31.6. The van der Waals surface area contributed by atoms with Crippen LogP contribution in [0.3, 0.4) is 0 Å². The summed E-state index contributed by atoms with van der Waals surface area (Å²) in [7, 11) is 0. The van der Waals surface area contributed by atoms with Crippen molar-refractivity contribution < 1.29 is 26.2 Å². The van der Waals surface area contributed by atoms with Crippen molar-refractivity contribution in [3.63, 3.8) is 0 Å². The van der Waals surface area contributed by atoms with E-state index in [9.17, 15) is 5.11 Å². The van der Waals surface area contributed by atoms with E-state index in [0.29, 0.717) is 11.4 Å². The molecule has 10 aromatic rings. The van der Waals surface area contributed by atoms with Gasteiger partial charge < -0.3 is 5.11 Å². The number of imidazole rings is 1. The Labute approximate surface area is 409 Å². The van der Waals surface area contributed by atoms with Crippen LogP contribution in [0.1, 0.15) is 83.2 Å². The van der Waals surface area contributed by atoms with E-state index >= 15 is 0 Å². The number of phenols is 1. The zero-order valence-electron chi connectivity index (χ0n) is 39.8. The van der Waals surface area contributed by atoms with Gasteiger partial charge in [-0.2, -0.15) is 0 Å². The average molecular weight is 1050 g/mol. The Balaban J connectivity index is 0.00000562. The van der Waals surface area contributed by atoms with Gasteiger partial charge in [-0.05, 0) is 104 Å². The normalized spacial score (nSPS) is 12.2. The SMILES string of the molecule is Cc1ccc(-c2[c-]c(-c3cc(-c4cccc5ccccc45)cc4c3nc(-c3cc(C(C)(C)C)ccc3O)n4-c3ccc(C(C)(C)C)cc3)ccc2)c2nccc(C(C)(C)c3ccccc3)c12.[Pt]. The van der Waals surface area contributed by atoms with E-state index in [2.05, 4.69) is 225 Å². The van der Waals surface area contributed by atoms with Crippen molar-refractivity contribution in [1.82, 2.24) is 14.5 Å². The second kappa shape index (κ2) is 17.2. The molecule has 0 aliphatic carbocycles. The first-order valence-electron chi connectivity index (χ1n) is 23.0. The fourth-order valence-electron chi connectivity index (χ4n) is 9.72. The van der Waals surface area contributed by atoms with Gasteiger partial charge in [-0.15, -0.1) is 35.4 Å². The minimum Gasteiger partial charge on any atom is -0.507 e. The van der Waals surface area contributed by atoms with Crippen molar-refractivity contribution in [2.75, 3.05) is 0 Å². The maximum Gasteiger partial charge on any atom is 0.148 e. The maximum absolute atomic E-state index is 11.8. The summed E-state index contributed by atoms with van der Waals surface area (Å²) in [6.45, 7) is 20.1. The van der Waals surface area contributed by atoms with Crippen LogP contribution in [-0.2, 0) is 37.3 Å². The molecule has 1 N–H and O–H groups in total. The molecule has 0 unspecified atom stereocenters. The van der Waals surface area contributed by atoms with Crippen LogP contribution in [0.5, 0.6) is 5.75 Å². The van der Waals surface area contributed by atoms with Crippen LogP contribution in [0.15, 0.2) is 170 Å². The molecule has 10 rings (SSSR count). The quantitative estimate of drug-likeness (QED) is 0.162. The Morgan fingerprint density at radius 3 is 1.93 bits per heavy atom. The van der Waals surface area contributed by atoms with Crippen LogP contribution in [0.4, 0.5) is 0 Å². The van der Waals surface area contributed by atoms with Crippen molar-refractivity contribution >= 4 is 32.7 Å². The van der Waals surface area contributed by atoms with Crippen molar-refractivity contribution in [2.45, 2.75) is 78.6 Å². The Hall–Kier alpha value is -6.61. The van der Waals surface area contributed by atoms with E-state index in [-0.39, 0.29) is 43.1 Å². The molecule has 0 radical (unpaired) electrons. The molecule has 0 aliphatic heterocycles. The Morgan fingerprint density at radius 1 is 0.537 bits per heavy atom. The molecular weight excluding hydrogens is 998 g/mol. The largest absolute Gasteiger partial charge is 0.507 e.